The second-order valence-corrected chi connectivity index (χ2v) is 5.05. The van der Waals surface area contributed by atoms with Gasteiger partial charge < -0.3 is 15.0 Å². The number of hydrogen-bond donors (Lipinski definition) is 1. The third-order valence-corrected chi connectivity index (χ3v) is 3.67. The Morgan fingerprint density at radius 1 is 1.47 bits per heavy atom. The number of ether oxygens (including phenoxy) is 1. The molecule has 1 aliphatic heterocycles. The number of likely N-dealkylation sites (tertiary alicyclic amines) is 1. The molecule has 0 spiro atoms. The molecule has 4 heteroatoms. The monoisotopic (exact) mass is 262 g/mol. The van der Waals surface area contributed by atoms with Gasteiger partial charge in [0.25, 0.3) is 5.91 Å². The highest BCUT2D eigenvalue weighted by atomic mass is 16.5. The van der Waals surface area contributed by atoms with Crippen molar-refractivity contribution in [2.45, 2.75) is 25.9 Å². The number of anilines is 1. The van der Waals surface area contributed by atoms with Crippen LogP contribution in [0.15, 0.2) is 18.2 Å². The first-order valence-electron chi connectivity index (χ1n) is 6.76. The first kappa shape index (κ1) is 13.9. The van der Waals surface area contributed by atoms with E-state index in [0.29, 0.717) is 6.54 Å². The molecule has 104 valence electrons. The van der Waals surface area contributed by atoms with E-state index in [1.54, 1.807) is 7.11 Å². The molecule has 0 radical (unpaired) electrons. The zero-order chi connectivity index (χ0) is 13.8. The summed E-state index contributed by atoms with van der Waals surface area (Å²) in [4.78, 5) is 14.5. The topological polar surface area (TPSA) is 41.6 Å². The highest BCUT2D eigenvalue weighted by Crippen LogP contribution is 2.21. The van der Waals surface area contributed by atoms with Crippen molar-refractivity contribution in [3.05, 3.63) is 29.3 Å². The van der Waals surface area contributed by atoms with E-state index in [1.165, 1.54) is 0 Å². The molecule has 1 atom stereocenters. The summed E-state index contributed by atoms with van der Waals surface area (Å²) in [5.41, 5.74) is 2.78. The Morgan fingerprint density at radius 3 is 2.95 bits per heavy atom. The predicted octanol–water partition coefficient (Wildman–Crippen LogP) is 2.29. The standard InChI is InChI=1S/C15H22N2O2/c1-11-6-7-13(14(9-11)16-2)15(18)17-8-4-5-12(10-17)19-3/h6-7,9,12,16H,4-5,8,10H2,1-3H3. The fraction of sp³-hybridized carbons (Fsp3) is 0.533. The number of amides is 1. The summed E-state index contributed by atoms with van der Waals surface area (Å²) < 4.78 is 5.37. The van der Waals surface area contributed by atoms with Gasteiger partial charge in [-0.2, -0.15) is 0 Å². The van der Waals surface area contributed by atoms with E-state index in [4.69, 9.17) is 4.74 Å². The molecule has 0 aliphatic carbocycles. The van der Waals surface area contributed by atoms with Gasteiger partial charge in [-0.25, -0.2) is 0 Å². The van der Waals surface area contributed by atoms with Crippen molar-refractivity contribution >= 4 is 11.6 Å². The molecule has 0 saturated carbocycles. The summed E-state index contributed by atoms with van der Waals surface area (Å²) in [5, 5.41) is 3.10. The SMILES string of the molecule is CNc1cc(C)ccc1C(=O)N1CCCC(OC)C1. The van der Waals surface area contributed by atoms with E-state index < -0.39 is 0 Å². The van der Waals surface area contributed by atoms with Gasteiger partial charge in [0.05, 0.1) is 11.7 Å². The molecule has 19 heavy (non-hydrogen) atoms. The number of aryl methyl sites for hydroxylation is 1. The van der Waals surface area contributed by atoms with Crippen LogP contribution in [0, 0.1) is 6.92 Å². The van der Waals surface area contributed by atoms with E-state index in [1.807, 2.05) is 37.1 Å². The van der Waals surface area contributed by atoms with E-state index in [2.05, 4.69) is 5.32 Å². The molecule has 0 aromatic heterocycles. The smallest absolute Gasteiger partial charge is 0.256 e. The number of piperidine rings is 1. The average molecular weight is 262 g/mol. The zero-order valence-electron chi connectivity index (χ0n) is 11.9. The van der Waals surface area contributed by atoms with Crippen molar-refractivity contribution in [3.63, 3.8) is 0 Å². The van der Waals surface area contributed by atoms with Crippen LogP contribution in [-0.2, 0) is 4.74 Å². The van der Waals surface area contributed by atoms with Crippen LogP contribution in [0.1, 0.15) is 28.8 Å². The Balaban J connectivity index is 2.19. The Hall–Kier alpha value is -1.55. The fourth-order valence-corrected chi connectivity index (χ4v) is 2.54. The molecule has 0 bridgehead atoms. The minimum absolute atomic E-state index is 0.0890. The quantitative estimate of drug-likeness (QED) is 0.908. The lowest BCUT2D eigenvalue weighted by Crippen LogP contribution is -2.43. The summed E-state index contributed by atoms with van der Waals surface area (Å²) in [6.07, 6.45) is 2.21. The molecule has 1 unspecified atom stereocenters. The Bertz CT molecular complexity index is 459. The first-order chi connectivity index (χ1) is 9.15. The maximum absolute atomic E-state index is 12.6. The van der Waals surface area contributed by atoms with E-state index >= 15 is 0 Å². The summed E-state index contributed by atoms with van der Waals surface area (Å²) in [6, 6.07) is 5.89. The summed E-state index contributed by atoms with van der Waals surface area (Å²) >= 11 is 0. The number of benzene rings is 1. The minimum Gasteiger partial charge on any atom is -0.387 e. The minimum atomic E-state index is 0.0890. The van der Waals surface area contributed by atoms with Crippen LogP contribution >= 0.6 is 0 Å². The van der Waals surface area contributed by atoms with Crippen LogP contribution in [-0.4, -0.2) is 44.2 Å². The molecule has 1 heterocycles. The van der Waals surface area contributed by atoms with E-state index in [0.717, 1.165) is 36.2 Å². The Kier molecular flexibility index (Phi) is 4.43. The van der Waals surface area contributed by atoms with Crippen LogP contribution in [0.25, 0.3) is 0 Å². The molecule has 1 saturated heterocycles. The molecule has 1 N–H and O–H groups in total. The van der Waals surface area contributed by atoms with Gasteiger partial charge in [0, 0.05) is 32.9 Å². The normalized spacial score (nSPS) is 19.3. The van der Waals surface area contributed by atoms with Gasteiger partial charge in [0.15, 0.2) is 0 Å². The predicted molar refractivity (Wildman–Crippen MR) is 76.7 cm³/mol. The molecule has 1 aromatic carbocycles. The molecule has 1 fully saturated rings. The molecular formula is C15H22N2O2. The van der Waals surface area contributed by atoms with Crippen LogP contribution < -0.4 is 5.32 Å². The van der Waals surface area contributed by atoms with Gasteiger partial charge in [-0.15, -0.1) is 0 Å². The number of carbonyl (C=O) groups is 1. The van der Waals surface area contributed by atoms with Crippen molar-refractivity contribution in [1.82, 2.24) is 4.90 Å². The van der Waals surface area contributed by atoms with Crippen LogP contribution in [0.5, 0.6) is 0 Å². The second-order valence-electron chi connectivity index (χ2n) is 5.05. The van der Waals surface area contributed by atoms with E-state index in [9.17, 15) is 4.79 Å². The first-order valence-corrected chi connectivity index (χ1v) is 6.76. The summed E-state index contributed by atoms with van der Waals surface area (Å²) in [7, 11) is 3.56. The summed E-state index contributed by atoms with van der Waals surface area (Å²) in [6.45, 7) is 3.53. The van der Waals surface area contributed by atoms with Crippen molar-refractivity contribution in [3.8, 4) is 0 Å². The molecule has 1 amide bonds. The molecule has 4 nitrogen and oxygen atoms in total. The maximum atomic E-state index is 12.6. The highest BCUT2D eigenvalue weighted by molar-refractivity contribution is 5.99. The van der Waals surface area contributed by atoms with Crippen molar-refractivity contribution in [1.29, 1.82) is 0 Å². The van der Waals surface area contributed by atoms with Gasteiger partial charge in [0.2, 0.25) is 0 Å². The van der Waals surface area contributed by atoms with Gasteiger partial charge in [-0.1, -0.05) is 6.07 Å². The van der Waals surface area contributed by atoms with Crippen molar-refractivity contribution < 1.29 is 9.53 Å². The lowest BCUT2D eigenvalue weighted by Gasteiger charge is -2.32. The number of nitrogens with zero attached hydrogens (tertiary/aromatic N) is 1. The van der Waals surface area contributed by atoms with Gasteiger partial charge in [0.1, 0.15) is 0 Å². The molecule has 2 rings (SSSR count). The fourth-order valence-electron chi connectivity index (χ4n) is 2.54. The lowest BCUT2D eigenvalue weighted by atomic mass is 10.0. The second kappa shape index (κ2) is 6.06. The van der Waals surface area contributed by atoms with Gasteiger partial charge in [-0.05, 0) is 37.5 Å². The van der Waals surface area contributed by atoms with Crippen LogP contribution in [0.4, 0.5) is 5.69 Å². The Labute approximate surface area is 114 Å². The third-order valence-electron chi connectivity index (χ3n) is 3.67. The van der Waals surface area contributed by atoms with Crippen LogP contribution in [0.2, 0.25) is 0 Å². The number of carbonyl (C=O) groups excluding carboxylic acids is 1. The maximum Gasteiger partial charge on any atom is 0.256 e. The molecule has 1 aromatic rings. The van der Waals surface area contributed by atoms with Crippen LogP contribution in [0.3, 0.4) is 0 Å². The van der Waals surface area contributed by atoms with E-state index in [-0.39, 0.29) is 12.0 Å². The number of nitrogens with one attached hydrogen (secondary N) is 1. The number of rotatable bonds is 3. The highest BCUT2D eigenvalue weighted by Gasteiger charge is 2.25. The van der Waals surface area contributed by atoms with Crippen molar-refractivity contribution in [2.75, 3.05) is 32.6 Å². The number of methoxy groups -OCH3 is 1. The largest absolute Gasteiger partial charge is 0.387 e. The summed E-state index contributed by atoms with van der Waals surface area (Å²) in [5.74, 6) is 0.0890. The number of hydrogen-bond acceptors (Lipinski definition) is 3. The average Bonchev–Trinajstić information content (AvgIpc) is 2.46. The zero-order valence-corrected chi connectivity index (χ0v) is 11.9. The van der Waals surface area contributed by atoms with Crippen molar-refractivity contribution in [2.24, 2.45) is 0 Å². The molecule has 1 aliphatic rings. The third kappa shape index (κ3) is 3.07. The van der Waals surface area contributed by atoms with Gasteiger partial charge in [-0.3, -0.25) is 4.79 Å². The molecular weight excluding hydrogens is 240 g/mol. The lowest BCUT2D eigenvalue weighted by molar-refractivity contribution is 0.0269. The Morgan fingerprint density at radius 2 is 2.26 bits per heavy atom. The van der Waals surface area contributed by atoms with Gasteiger partial charge >= 0.3 is 0 Å².